The van der Waals surface area contributed by atoms with Gasteiger partial charge < -0.3 is 78.3 Å². The Labute approximate surface area is 837 Å². The van der Waals surface area contributed by atoms with Crippen LogP contribution in [0.25, 0.3) is 0 Å². The molecule has 0 saturated carbocycles. The molecule has 780 valence electrons. The second-order valence-corrected chi connectivity index (χ2v) is 38.3. The van der Waals surface area contributed by atoms with E-state index in [1.54, 1.807) is 146 Å². The first-order valence-electron chi connectivity index (χ1n) is 47.4. The fourth-order valence-corrected chi connectivity index (χ4v) is 11.4. The largest absolute Gasteiger partial charge is 0.508 e. The number of rotatable bonds is 44. The number of aliphatic hydroxyl groups is 2. The van der Waals surface area contributed by atoms with Gasteiger partial charge in [-0.05, 0) is 275 Å². The lowest BCUT2D eigenvalue weighted by Crippen LogP contribution is -2.33. The highest BCUT2D eigenvalue weighted by Gasteiger charge is 2.40. The Kier molecular flexibility index (Phi) is 62.7. The molecule has 0 aliphatic heterocycles. The molecule has 6 rings (SSSR count). The van der Waals surface area contributed by atoms with Crippen LogP contribution in [0.4, 0.5) is 5.69 Å². The summed E-state index contributed by atoms with van der Waals surface area (Å²) in [6, 6.07) is 35.1. The standard InChI is InChI=1S/C18H26O5.2C13H19NO3.C13H19NO2.C13H18O3.C13H18O2S.C12H23NO4.C12H22O4S/c1-5-18(4,17(21)22-6-2)11-13(3)16(20)23-12-14-7-9-15(19)10-8-14;2*1-4-13(2,3)12(16)17-9-11-6-5-10(8-15)7-14-11;2*1-4-13(2,3)12(15)16-9-10-5-7-11(14)8-6-10;1-4-13(2,3)12(14)15-9-10-5-7-11(16)8-6-10;1-5-12(4,11(15)16-6-2)7-9(3)10(14)17-8-13;1-5-12(4,11(14)15-6-2)7-9(3)10(13)16-8-17/h7-10,13,19H,5-6,11-12H2,1-4H3;2*5-7,15H,4,8-9H2,1-3H3;5-8H,4,9,14H2,1-3H3;5-8,14H,4,9H2,1-3H3;5-8,16H,4,9H2,1-3H3;9H,5-8,13H2,1-4H3;9,17H,5-8H2,1-4H3. The predicted octanol–water partition coefficient (Wildman–Crippen LogP) is 20.5. The number of ether oxygens (including phenoxy) is 11. The summed E-state index contributed by atoms with van der Waals surface area (Å²) in [4.78, 5) is 138. The number of pyridine rings is 2. The van der Waals surface area contributed by atoms with E-state index >= 15 is 0 Å². The summed E-state index contributed by atoms with van der Waals surface area (Å²) < 4.78 is 56.1. The van der Waals surface area contributed by atoms with Gasteiger partial charge in [0.2, 0.25) is 0 Å². The van der Waals surface area contributed by atoms with E-state index in [1.165, 1.54) is 0 Å². The number of hydrogen-bond acceptors (Lipinski definition) is 32. The van der Waals surface area contributed by atoms with E-state index in [0.29, 0.717) is 88.6 Å². The number of carbonyl (C=O) groups excluding carboxylic acids is 11. The van der Waals surface area contributed by atoms with Crippen molar-refractivity contribution in [2.45, 2.75) is 315 Å². The van der Waals surface area contributed by atoms with Crippen molar-refractivity contribution in [1.82, 2.24) is 9.97 Å². The molecule has 139 heavy (non-hydrogen) atoms. The van der Waals surface area contributed by atoms with Crippen molar-refractivity contribution in [3.63, 3.8) is 0 Å². The smallest absolute Gasteiger partial charge is 0.311 e. The van der Waals surface area contributed by atoms with Gasteiger partial charge in [-0.15, -0.1) is 25.3 Å². The monoisotopic (exact) mass is 1990 g/mol. The van der Waals surface area contributed by atoms with Gasteiger partial charge >= 0.3 is 65.7 Å². The molecule has 0 fully saturated rings. The van der Waals surface area contributed by atoms with Crippen LogP contribution in [0.5, 0.6) is 11.5 Å². The first kappa shape index (κ1) is 130. The molecule has 6 aromatic rings. The van der Waals surface area contributed by atoms with Gasteiger partial charge in [0.1, 0.15) is 63.8 Å². The second kappa shape index (κ2) is 66.9. The van der Waals surface area contributed by atoms with Crippen molar-refractivity contribution < 1.29 is 125 Å². The number of phenolic OH excluding ortho intramolecular Hbond substituents is 2. The van der Waals surface area contributed by atoms with Crippen LogP contribution < -0.4 is 11.5 Å². The summed E-state index contributed by atoms with van der Waals surface area (Å²) in [7, 11) is 0. The quantitative estimate of drug-likeness (QED) is 0.00579. The molecule has 32 heteroatoms. The number of esters is 11. The number of nitrogen functional groups attached to an aromatic ring is 1. The molecule has 0 aliphatic rings. The number of hydrogen-bond donors (Lipinski definition) is 8. The molecule has 4 aromatic carbocycles. The zero-order valence-electron chi connectivity index (χ0n) is 87.6. The van der Waals surface area contributed by atoms with E-state index in [4.69, 9.17) is 78.9 Å². The van der Waals surface area contributed by atoms with Crippen molar-refractivity contribution >= 4 is 96.6 Å². The number of phenols is 2. The van der Waals surface area contributed by atoms with Crippen LogP contribution in [-0.4, -0.2) is 129 Å². The summed E-state index contributed by atoms with van der Waals surface area (Å²) in [5.41, 5.74) is 13.8. The minimum atomic E-state index is -0.688. The van der Waals surface area contributed by atoms with E-state index in [2.05, 4.69) is 35.2 Å². The van der Waals surface area contributed by atoms with Crippen LogP contribution in [0.3, 0.4) is 0 Å². The van der Waals surface area contributed by atoms with Gasteiger partial charge in [0.15, 0.2) is 0 Å². The van der Waals surface area contributed by atoms with Gasteiger partial charge in [-0.25, -0.2) is 0 Å². The Bertz CT molecular complexity index is 4280. The van der Waals surface area contributed by atoms with E-state index in [0.717, 1.165) is 70.4 Å². The third kappa shape index (κ3) is 51.4. The summed E-state index contributed by atoms with van der Waals surface area (Å²) in [5.74, 6) is -3.45. The summed E-state index contributed by atoms with van der Waals surface area (Å²) >= 11 is 8.02. The molecule has 30 nitrogen and oxygen atoms in total. The maximum Gasteiger partial charge on any atom is 0.311 e. The van der Waals surface area contributed by atoms with Crippen molar-refractivity contribution in [3.8, 4) is 11.5 Å². The Hall–Kier alpha value is -10.7. The molecule has 6 atom stereocenters. The number of carbonyl (C=O) groups is 11. The Morgan fingerprint density at radius 1 is 0.317 bits per heavy atom. The number of aromatic nitrogens is 2. The second-order valence-electron chi connectivity index (χ2n) is 37.5. The topological polar surface area (TPSA) is 448 Å². The Morgan fingerprint density at radius 2 is 0.554 bits per heavy atom. The molecule has 6 unspecified atom stereocenters. The Morgan fingerprint density at radius 3 is 0.784 bits per heavy atom. The molecule has 0 saturated heterocycles. The van der Waals surface area contributed by atoms with E-state index in [9.17, 15) is 57.8 Å². The van der Waals surface area contributed by atoms with E-state index in [-0.39, 0.29) is 141 Å². The van der Waals surface area contributed by atoms with Crippen LogP contribution in [0.15, 0.2) is 139 Å². The van der Waals surface area contributed by atoms with Gasteiger partial charge in [0.25, 0.3) is 0 Å². The molecule has 0 radical (unpaired) electrons. The molecule has 0 aliphatic carbocycles. The number of aliphatic hydroxyl groups excluding tert-OH is 2. The number of benzene rings is 4. The zero-order chi connectivity index (χ0) is 107. The van der Waals surface area contributed by atoms with Gasteiger partial charge in [0.05, 0.1) is 105 Å². The molecule has 0 amide bonds. The first-order valence-corrected chi connectivity index (χ1v) is 48.5. The Balaban J connectivity index is 0. The van der Waals surface area contributed by atoms with Crippen LogP contribution in [-0.2, 0) is 158 Å². The third-order valence-corrected chi connectivity index (χ3v) is 24.3. The molecule has 2 aromatic heterocycles. The molecular weight excluding hydrogens is 1820 g/mol. The van der Waals surface area contributed by atoms with Crippen LogP contribution in [0.1, 0.15) is 302 Å². The highest BCUT2D eigenvalue weighted by Crippen LogP contribution is 2.36. The summed E-state index contributed by atoms with van der Waals surface area (Å²) in [5, 5.41) is 36.0. The van der Waals surface area contributed by atoms with Gasteiger partial charge in [-0.1, -0.05) is 137 Å². The average Bonchev–Trinajstić information content (AvgIpc) is 0.846. The SMILES string of the molecule is CCC(C)(C)C(=O)OCc1ccc(CO)cn1.CCC(C)(C)C(=O)OCc1ccc(CO)cn1.CCC(C)(C)C(=O)OCc1ccc(N)cc1.CCC(C)(C)C(=O)OCc1ccc(O)cc1.CCC(C)(C)C(=O)OCc1ccc(S)cc1.CCOC(=O)C(C)(CC)CC(C)C(=O)OCN.CCOC(=O)C(C)(CC)CC(C)C(=O)OCS.CCOC(=O)C(C)(CC)CC(C)C(=O)OCc1ccc(O)cc1. The van der Waals surface area contributed by atoms with Crippen molar-refractivity contribution in [2.24, 2.45) is 66.8 Å². The predicted molar refractivity (Wildman–Crippen MR) is 542 cm³/mol. The lowest BCUT2D eigenvalue weighted by atomic mass is 9.79. The molecule has 0 bridgehead atoms. The molecule has 2 heterocycles. The fourth-order valence-electron chi connectivity index (χ4n) is 11.1. The molecule has 0 spiro atoms. The summed E-state index contributed by atoms with van der Waals surface area (Å²) in [6.07, 6.45) is 9.99. The lowest BCUT2D eigenvalue weighted by Gasteiger charge is -2.28. The maximum atomic E-state index is 12.1. The van der Waals surface area contributed by atoms with Crippen LogP contribution >= 0.6 is 25.3 Å². The number of nitrogens with two attached hydrogens (primary N) is 2. The molecule has 8 N–H and O–H groups in total. The van der Waals surface area contributed by atoms with Crippen molar-refractivity contribution in [1.29, 1.82) is 0 Å². The highest BCUT2D eigenvalue weighted by molar-refractivity contribution is 7.80. The van der Waals surface area contributed by atoms with Crippen molar-refractivity contribution in [2.75, 3.05) is 38.2 Å². The number of anilines is 1. The number of thiol groups is 2. The van der Waals surface area contributed by atoms with Crippen molar-refractivity contribution in [3.05, 3.63) is 178 Å². The lowest BCUT2D eigenvalue weighted by molar-refractivity contribution is -0.160. The summed E-state index contributed by atoms with van der Waals surface area (Å²) in [6.45, 7) is 52.5. The number of nitrogens with zero attached hydrogens (tertiary/aromatic N) is 2. The van der Waals surface area contributed by atoms with E-state index in [1.807, 2.05) is 175 Å². The fraction of sp³-hybridized carbons (Fsp3) is 0.579. The number of aromatic hydroxyl groups is 2. The maximum absolute atomic E-state index is 12.1. The normalized spacial score (nSPS) is 12.9. The highest BCUT2D eigenvalue weighted by atomic mass is 32.1. The van der Waals surface area contributed by atoms with Gasteiger partial charge in [0, 0.05) is 23.0 Å². The average molecular weight is 1990 g/mol. The minimum Gasteiger partial charge on any atom is -0.508 e. The van der Waals surface area contributed by atoms with Gasteiger partial charge in [-0.3, -0.25) is 68.4 Å². The zero-order valence-corrected chi connectivity index (χ0v) is 89.4. The van der Waals surface area contributed by atoms with Gasteiger partial charge in [-0.2, -0.15) is 0 Å². The first-order chi connectivity index (χ1) is 65.0. The van der Waals surface area contributed by atoms with Crippen LogP contribution in [0.2, 0.25) is 0 Å². The van der Waals surface area contributed by atoms with E-state index < -0.39 is 49.2 Å². The third-order valence-electron chi connectivity index (χ3n) is 23.9. The minimum absolute atomic E-state index is 0.0318. The van der Waals surface area contributed by atoms with Crippen LogP contribution in [0, 0.1) is 61.1 Å². The molecular formula is C107H164N4O26S2.